The first-order valence-electron chi connectivity index (χ1n) is 14.7. The third kappa shape index (κ3) is 6.31. The number of amides is 1. The van der Waals surface area contributed by atoms with Gasteiger partial charge in [-0.15, -0.1) is 0 Å². The number of hydrogen-bond donors (Lipinski definition) is 3. The average molecular weight is 554 g/mol. The van der Waals surface area contributed by atoms with Gasteiger partial charge in [-0.3, -0.25) is 10.2 Å². The fourth-order valence-corrected chi connectivity index (χ4v) is 6.30. The Labute approximate surface area is 241 Å². The topological polar surface area (TPSA) is 107 Å². The van der Waals surface area contributed by atoms with Crippen molar-refractivity contribution in [2.75, 3.05) is 37.5 Å². The molecule has 4 N–H and O–H groups in total. The quantitative estimate of drug-likeness (QED) is 0.212. The van der Waals surface area contributed by atoms with Crippen LogP contribution in [0.15, 0.2) is 72.8 Å². The molecule has 1 amide bonds. The highest BCUT2D eigenvalue weighted by atomic mass is 16.5. The van der Waals surface area contributed by atoms with Crippen molar-refractivity contribution in [3.05, 3.63) is 89.5 Å². The molecule has 0 radical (unpaired) electrons. The first kappa shape index (κ1) is 27.5. The fourth-order valence-electron chi connectivity index (χ4n) is 6.30. The molecule has 3 aromatic rings. The largest absolute Gasteiger partial charge is 0.490 e. The molecule has 0 atom stereocenters. The number of ether oxygens (including phenoxy) is 3. The van der Waals surface area contributed by atoms with E-state index in [1.165, 1.54) is 19.3 Å². The van der Waals surface area contributed by atoms with Gasteiger partial charge >= 0.3 is 0 Å². The zero-order valence-electron chi connectivity index (χ0n) is 23.4. The maximum Gasteiger partial charge on any atom is 0.225 e. The molecule has 1 saturated carbocycles. The normalized spacial score (nSPS) is 21.8. The van der Waals surface area contributed by atoms with Crippen LogP contribution in [0.3, 0.4) is 0 Å². The smallest absolute Gasteiger partial charge is 0.225 e. The molecule has 0 aromatic heterocycles. The summed E-state index contributed by atoms with van der Waals surface area (Å²) >= 11 is 0. The van der Waals surface area contributed by atoms with Crippen LogP contribution in [0.2, 0.25) is 0 Å². The van der Waals surface area contributed by atoms with Crippen LogP contribution in [0.25, 0.3) is 0 Å². The van der Waals surface area contributed by atoms with Gasteiger partial charge < -0.3 is 25.3 Å². The van der Waals surface area contributed by atoms with Gasteiger partial charge in [0.25, 0.3) is 0 Å². The van der Waals surface area contributed by atoms with Gasteiger partial charge in [-0.2, -0.15) is 0 Å². The van der Waals surface area contributed by atoms with E-state index in [2.05, 4.69) is 5.32 Å². The molecule has 3 fully saturated rings. The Morgan fingerprint density at radius 3 is 2.29 bits per heavy atom. The molecule has 2 aliphatic heterocycles. The van der Waals surface area contributed by atoms with E-state index in [0.29, 0.717) is 42.3 Å². The van der Waals surface area contributed by atoms with Gasteiger partial charge in [0.2, 0.25) is 5.91 Å². The predicted molar refractivity (Wildman–Crippen MR) is 161 cm³/mol. The summed E-state index contributed by atoms with van der Waals surface area (Å²) in [5.41, 5.74) is 9.82. The van der Waals surface area contributed by atoms with Crippen LogP contribution in [0.4, 0.5) is 11.4 Å². The average Bonchev–Trinajstić information content (AvgIpc) is 2.95. The number of nitrogen functional groups attached to an aromatic ring is 1. The van der Waals surface area contributed by atoms with E-state index in [1.807, 2.05) is 54.6 Å². The predicted octanol–water partition coefficient (Wildman–Crippen LogP) is 5.96. The van der Waals surface area contributed by atoms with Gasteiger partial charge in [0.05, 0.1) is 43.7 Å². The molecular formula is C34H39N3O4. The van der Waals surface area contributed by atoms with Crippen LogP contribution in [0.5, 0.6) is 5.75 Å². The number of carbonyl (C=O) groups excluding carboxylic acids is 1. The number of nitrogens with two attached hydrogens (primary N) is 1. The lowest BCUT2D eigenvalue weighted by Gasteiger charge is -2.41. The van der Waals surface area contributed by atoms with E-state index in [0.717, 1.165) is 54.8 Å². The van der Waals surface area contributed by atoms with Crippen molar-refractivity contribution < 1.29 is 19.0 Å². The third-order valence-electron chi connectivity index (χ3n) is 8.86. The molecule has 2 heterocycles. The first-order chi connectivity index (χ1) is 20.0. The van der Waals surface area contributed by atoms with Crippen LogP contribution in [0, 0.1) is 17.2 Å². The number of anilines is 2. The summed E-state index contributed by atoms with van der Waals surface area (Å²) in [5.74, 6) is 2.31. The van der Waals surface area contributed by atoms with Crippen molar-refractivity contribution in [3.8, 4) is 5.75 Å². The molecule has 41 heavy (non-hydrogen) atoms. The lowest BCUT2D eigenvalue weighted by molar-refractivity contribution is -0.124. The zero-order chi connectivity index (χ0) is 28.2. The summed E-state index contributed by atoms with van der Waals surface area (Å²) in [4.78, 5) is 13.0. The molecule has 6 rings (SSSR count). The van der Waals surface area contributed by atoms with Crippen molar-refractivity contribution >= 4 is 23.0 Å². The van der Waals surface area contributed by atoms with Crippen molar-refractivity contribution in [1.29, 1.82) is 5.41 Å². The minimum atomic E-state index is -0.302. The molecule has 2 saturated heterocycles. The SMILES string of the molecule is N=C(c1ccc(OC2CCC(CC3COC3)CC2)cc1)c1cc(NC(=O)CC2(c3ccccc3)COC2)ccc1N. The summed E-state index contributed by atoms with van der Waals surface area (Å²) in [5, 5.41) is 11.9. The summed E-state index contributed by atoms with van der Waals surface area (Å²) in [6.45, 7) is 2.93. The molecule has 3 aromatic carbocycles. The zero-order valence-corrected chi connectivity index (χ0v) is 23.4. The molecule has 0 bridgehead atoms. The summed E-state index contributed by atoms with van der Waals surface area (Å²) in [6.07, 6.45) is 6.48. The van der Waals surface area contributed by atoms with Crippen LogP contribution < -0.4 is 15.8 Å². The molecule has 1 aliphatic carbocycles. The van der Waals surface area contributed by atoms with E-state index >= 15 is 0 Å². The number of rotatable bonds is 10. The maximum absolute atomic E-state index is 13.0. The van der Waals surface area contributed by atoms with Gasteiger partial charge in [-0.05, 0) is 86.1 Å². The Morgan fingerprint density at radius 2 is 1.66 bits per heavy atom. The summed E-state index contributed by atoms with van der Waals surface area (Å²) in [6, 6.07) is 23.0. The van der Waals surface area contributed by atoms with Gasteiger partial charge in [0.15, 0.2) is 0 Å². The molecule has 7 nitrogen and oxygen atoms in total. The maximum atomic E-state index is 13.0. The Balaban J connectivity index is 1.05. The minimum absolute atomic E-state index is 0.0907. The fraction of sp³-hybridized carbons (Fsp3) is 0.412. The van der Waals surface area contributed by atoms with Crippen molar-refractivity contribution in [2.24, 2.45) is 11.8 Å². The van der Waals surface area contributed by atoms with E-state index in [1.54, 1.807) is 18.2 Å². The number of nitrogens with one attached hydrogen (secondary N) is 2. The van der Waals surface area contributed by atoms with Crippen LogP contribution in [-0.2, 0) is 19.7 Å². The minimum Gasteiger partial charge on any atom is -0.490 e. The van der Waals surface area contributed by atoms with Gasteiger partial charge in [0.1, 0.15) is 5.75 Å². The number of carbonyl (C=O) groups is 1. The highest BCUT2D eigenvalue weighted by Gasteiger charge is 2.42. The molecular weight excluding hydrogens is 514 g/mol. The second-order valence-electron chi connectivity index (χ2n) is 12.0. The van der Waals surface area contributed by atoms with Crippen LogP contribution in [-0.4, -0.2) is 44.2 Å². The van der Waals surface area contributed by atoms with Gasteiger partial charge in [-0.1, -0.05) is 30.3 Å². The Kier molecular flexibility index (Phi) is 8.08. The molecule has 0 spiro atoms. The van der Waals surface area contributed by atoms with Crippen molar-refractivity contribution in [2.45, 2.75) is 50.0 Å². The Bertz CT molecular complexity index is 1360. The van der Waals surface area contributed by atoms with Gasteiger partial charge in [0, 0.05) is 34.8 Å². The molecule has 214 valence electrons. The number of benzene rings is 3. The van der Waals surface area contributed by atoms with E-state index < -0.39 is 0 Å². The lowest BCUT2D eigenvalue weighted by Crippen LogP contribution is -2.49. The van der Waals surface area contributed by atoms with E-state index in [4.69, 9.17) is 25.4 Å². The second kappa shape index (κ2) is 12.0. The van der Waals surface area contributed by atoms with Gasteiger partial charge in [-0.25, -0.2) is 0 Å². The molecule has 7 heteroatoms. The highest BCUT2D eigenvalue weighted by Crippen LogP contribution is 2.36. The standard InChI is InChI=1S/C34H39N3O4/c35-31-15-10-27(37-32(38)18-34(21-40-22-34)26-4-2-1-3-5-26)17-30(31)33(36)25-8-13-29(14-9-25)41-28-11-6-23(7-12-28)16-24-19-39-20-24/h1-5,8-10,13-15,17,23-24,28,36H,6-7,11-12,16,18-22,35H2,(H,37,38). The Hall–Kier alpha value is -3.68. The van der Waals surface area contributed by atoms with E-state index in [9.17, 15) is 4.79 Å². The van der Waals surface area contributed by atoms with Crippen molar-refractivity contribution in [1.82, 2.24) is 0 Å². The Morgan fingerprint density at radius 1 is 0.927 bits per heavy atom. The second-order valence-corrected chi connectivity index (χ2v) is 12.0. The molecule has 0 unspecified atom stereocenters. The van der Waals surface area contributed by atoms with Crippen LogP contribution >= 0.6 is 0 Å². The monoisotopic (exact) mass is 553 g/mol. The highest BCUT2D eigenvalue weighted by molar-refractivity contribution is 6.14. The summed E-state index contributed by atoms with van der Waals surface area (Å²) < 4.78 is 17.1. The van der Waals surface area contributed by atoms with E-state index in [-0.39, 0.29) is 17.4 Å². The third-order valence-corrected chi connectivity index (χ3v) is 8.86. The first-order valence-corrected chi connectivity index (χ1v) is 14.7. The van der Waals surface area contributed by atoms with Crippen molar-refractivity contribution in [3.63, 3.8) is 0 Å². The molecule has 3 aliphatic rings. The number of hydrogen-bond acceptors (Lipinski definition) is 6. The lowest BCUT2D eigenvalue weighted by atomic mass is 9.75. The van der Waals surface area contributed by atoms with Crippen LogP contribution in [0.1, 0.15) is 55.2 Å². The summed E-state index contributed by atoms with van der Waals surface area (Å²) in [7, 11) is 0.